The SMILES string of the molecule is CC(C)n1cc(Br)cc1C(=O)NCC[C@H](O)C(=O)O. The molecule has 19 heavy (non-hydrogen) atoms. The summed E-state index contributed by atoms with van der Waals surface area (Å²) in [7, 11) is 0. The Morgan fingerprint density at radius 2 is 2.11 bits per heavy atom. The van der Waals surface area contributed by atoms with Crippen LogP contribution in [0.25, 0.3) is 0 Å². The van der Waals surface area contributed by atoms with Crippen LogP contribution in [-0.2, 0) is 4.79 Å². The smallest absolute Gasteiger partial charge is 0.332 e. The minimum atomic E-state index is -1.45. The minimum Gasteiger partial charge on any atom is -0.479 e. The van der Waals surface area contributed by atoms with Crippen LogP contribution in [0.5, 0.6) is 0 Å². The minimum absolute atomic E-state index is 0.0232. The van der Waals surface area contributed by atoms with E-state index < -0.39 is 12.1 Å². The number of carboxylic acids is 1. The molecule has 0 aliphatic rings. The molecule has 7 heteroatoms. The van der Waals surface area contributed by atoms with E-state index in [1.165, 1.54) is 0 Å². The molecule has 0 radical (unpaired) electrons. The summed E-state index contributed by atoms with van der Waals surface area (Å²) in [6.07, 6.45) is 0.333. The van der Waals surface area contributed by atoms with E-state index in [0.29, 0.717) is 5.69 Å². The van der Waals surface area contributed by atoms with Gasteiger partial charge in [0.25, 0.3) is 5.91 Å². The van der Waals surface area contributed by atoms with Crippen molar-refractivity contribution in [3.63, 3.8) is 0 Å². The number of amides is 1. The Hall–Kier alpha value is -1.34. The Morgan fingerprint density at radius 3 is 2.63 bits per heavy atom. The van der Waals surface area contributed by atoms with Crippen LogP contribution in [-0.4, -0.2) is 39.3 Å². The molecule has 1 rings (SSSR count). The Balaban J connectivity index is 2.61. The largest absolute Gasteiger partial charge is 0.479 e. The van der Waals surface area contributed by atoms with Gasteiger partial charge in [-0.1, -0.05) is 0 Å². The van der Waals surface area contributed by atoms with Gasteiger partial charge >= 0.3 is 5.97 Å². The monoisotopic (exact) mass is 332 g/mol. The molecule has 0 spiro atoms. The van der Waals surface area contributed by atoms with Crippen molar-refractivity contribution in [3.8, 4) is 0 Å². The van der Waals surface area contributed by atoms with E-state index in [9.17, 15) is 9.59 Å². The highest BCUT2D eigenvalue weighted by atomic mass is 79.9. The number of carbonyl (C=O) groups is 2. The molecule has 0 aromatic carbocycles. The number of hydrogen-bond acceptors (Lipinski definition) is 3. The molecule has 1 atom stereocenters. The van der Waals surface area contributed by atoms with Crippen molar-refractivity contribution in [2.75, 3.05) is 6.54 Å². The van der Waals surface area contributed by atoms with Crippen LogP contribution < -0.4 is 5.32 Å². The van der Waals surface area contributed by atoms with E-state index in [0.717, 1.165) is 4.47 Å². The van der Waals surface area contributed by atoms with Crippen LogP contribution in [0.2, 0.25) is 0 Å². The molecule has 3 N–H and O–H groups in total. The summed E-state index contributed by atoms with van der Waals surface area (Å²) in [5, 5.41) is 20.2. The molecule has 1 amide bonds. The van der Waals surface area contributed by atoms with Gasteiger partial charge in [-0.2, -0.15) is 0 Å². The number of nitrogens with one attached hydrogen (secondary N) is 1. The van der Waals surface area contributed by atoms with Gasteiger partial charge in [-0.15, -0.1) is 0 Å². The highest BCUT2D eigenvalue weighted by molar-refractivity contribution is 9.10. The van der Waals surface area contributed by atoms with Crippen LogP contribution in [0.4, 0.5) is 0 Å². The number of aliphatic hydroxyl groups is 1. The van der Waals surface area contributed by atoms with Crippen molar-refractivity contribution in [1.29, 1.82) is 0 Å². The van der Waals surface area contributed by atoms with Gasteiger partial charge in [-0.3, -0.25) is 4.79 Å². The van der Waals surface area contributed by atoms with Crippen molar-refractivity contribution < 1.29 is 19.8 Å². The van der Waals surface area contributed by atoms with Crippen LogP contribution >= 0.6 is 15.9 Å². The number of carbonyl (C=O) groups excluding carboxylic acids is 1. The van der Waals surface area contributed by atoms with Gasteiger partial charge in [0.1, 0.15) is 5.69 Å². The first-order chi connectivity index (χ1) is 8.82. The number of aliphatic carboxylic acids is 1. The third kappa shape index (κ3) is 4.36. The number of hydrogen-bond donors (Lipinski definition) is 3. The van der Waals surface area contributed by atoms with Gasteiger partial charge in [0, 0.05) is 29.7 Å². The van der Waals surface area contributed by atoms with E-state index in [1.807, 2.05) is 24.6 Å². The van der Waals surface area contributed by atoms with E-state index in [1.54, 1.807) is 6.07 Å². The molecule has 0 aliphatic heterocycles. The third-order valence-electron chi connectivity index (χ3n) is 2.59. The van der Waals surface area contributed by atoms with E-state index in [2.05, 4.69) is 21.2 Å². The molecule has 1 aromatic heterocycles. The van der Waals surface area contributed by atoms with Crippen LogP contribution in [0.1, 0.15) is 36.8 Å². The van der Waals surface area contributed by atoms with Crippen molar-refractivity contribution in [1.82, 2.24) is 9.88 Å². The molecule has 0 aliphatic carbocycles. The summed E-state index contributed by atoms with van der Waals surface area (Å²) >= 11 is 3.31. The quantitative estimate of drug-likeness (QED) is 0.734. The lowest BCUT2D eigenvalue weighted by Gasteiger charge is -2.13. The number of halogens is 1. The molecule has 1 heterocycles. The fourth-order valence-corrected chi connectivity index (χ4v) is 2.03. The Bertz CT molecular complexity index is 470. The first kappa shape index (κ1) is 15.7. The van der Waals surface area contributed by atoms with E-state index >= 15 is 0 Å². The fraction of sp³-hybridized carbons (Fsp3) is 0.500. The second-order valence-electron chi connectivity index (χ2n) is 4.44. The third-order valence-corrected chi connectivity index (χ3v) is 3.03. The Labute approximate surface area is 119 Å². The Kier molecular flexibility index (Phi) is 5.56. The van der Waals surface area contributed by atoms with Gasteiger partial charge in [0.15, 0.2) is 6.10 Å². The van der Waals surface area contributed by atoms with Gasteiger partial charge < -0.3 is 20.1 Å². The zero-order chi connectivity index (χ0) is 14.6. The van der Waals surface area contributed by atoms with E-state index in [-0.39, 0.29) is 24.9 Å². The predicted octanol–water partition coefficient (Wildman–Crippen LogP) is 1.40. The molecule has 0 fully saturated rings. The zero-order valence-corrected chi connectivity index (χ0v) is 12.3. The lowest BCUT2D eigenvalue weighted by atomic mass is 10.2. The summed E-state index contributed by atoms with van der Waals surface area (Å²) in [6, 6.07) is 1.83. The van der Waals surface area contributed by atoms with Gasteiger partial charge in [0.2, 0.25) is 0 Å². The average molecular weight is 333 g/mol. The van der Waals surface area contributed by atoms with Crippen molar-refractivity contribution in [3.05, 3.63) is 22.4 Å². The summed E-state index contributed by atoms with van der Waals surface area (Å²) in [6.45, 7) is 4.02. The Morgan fingerprint density at radius 1 is 1.47 bits per heavy atom. The zero-order valence-electron chi connectivity index (χ0n) is 10.8. The highest BCUT2D eigenvalue weighted by Gasteiger charge is 2.16. The maximum atomic E-state index is 12.0. The summed E-state index contributed by atoms with van der Waals surface area (Å²) < 4.78 is 2.62. The second kappa shape index (κ2) is 6.72. The molecule has 106 valence electrons. The lowest BCUT2D eigenvalue weighted by molar-refractivity contribution is -0.146. The topological polar surface area (TPSA) is 91.6 Å². The van der Waals surface area contributed by atoms with Crippen LogP contribution in [0.15, 0.2) is 16.7 Å². The number of nitrogens with zero attached hydrogens (tertiary/aromatic N) is 1. The molecule has 0 saturated heterocycles. The van der Waals surface area contributed by atoms with Crippen molar-refractivity contribution >= 4 is 27.8 Å². The highest BCUT2D eigenvalue weighted by Crippen LogP contribution is 2.19. The molecular weight excluding hydrogens is 316 g/mol. The standard InChI is InChI=1S/C12H17BrN2O4/c1-7(2)15-6-8(13)5-9(15)11(17)14-4-3-10(16)12(18)19/h5-7,10,16H,3-4H2,1-2H3,(H,14,17)(H,18,19)/t10-/m0/s1. The van der Waals surface area contributed by atoms with Gasteiger partial charge in [0.05, 0.1) is 0 Å². The molecule has 1 aromatic rings. The van der Waals surface area contributed by atoms with Crippen molar-refractivity contribution in [2.45, 2.75) is 32.4 Å². The fourth-order valence-electron chi connectivity index (χ4n) is 1.59. The van der Waals surface area contributed by atoms with E-state index in [4.69, 9.17) is 10.2 Å². The van der Waals surface area contributed by atoms with Crippen molar-refractivity contribution in [2.24, 2.45) is 0 Å². The number of rotatable bonds is 6. The number of aliphatic hydroxyl groups excluding tert-OH is 1. The average Bonchev–Trinajstić information content (AvgIpc) is 2.71. The van der Waals surface area contributed by atoms with Crippen LogP contribution in [0, 0.1) is 0 Å². The first-order valence-electron chi connectivity index (χ1n) is 5.89. The molecule has 6 nitrogen and oxygen atoms in total. The molecule has 0 saturated carbocycles. The lowest BCUT2D eigenvalue weighted by Crippen LogP contribution is -2.31. The summed E-state index contributed by atoms with van der Waals surface area (Å²) in [5.41, 5.74) is 0.492. The van der Waals surface area contributed by atoms with Gasteiger partial charge in [-0.25, -0.2) is 4.79 Å². The molecular formula is C12H17BrN2O4. The first-order valence-corrected chi connectivity index (χ1v) is 6.68. The normalized spacial score (nSPS) is 12.5. The summed E-state index contributed by atoms with van der Waals surface area (Å²) in [4.78, 5) is 22.4. The number of carboxylic acid groups (broad SMARTS) is 1. The predicted molar refractivity (Wildman–Crippen MR) is 73.1 cm³/mol. The number of aromatic nitrogens is 1. The van der Waals surface area contributed by atoms with Crippen LogP contribution in [0.3, 0.4) is 0 Å². The molecule has 0 unspecified atom stereocenters. The molecule has 0 bridgehead atoms. The maximum Gasteiger partial charge on any atom is 0.332 e. The summed E-state index contributed by atoms with van der Waals surface area (Å²) in [5.74, 6) is -1.58. The maximum absolute atomic E-state index is 12.0. The van der Waals surface area contributed by atoms with Gasteiger partial charge in [-0.05, 0) is 35.8 Å². The second-order valence-corrected chi connectivity index (χ2v) is 5.36.